The summed E-state index contributed by atoms with van der Waals surface area (Å²) >= 11 is 0. The second-order valence-corrected chi connectivity index (χ2v) is 3.89. The molecule has 0 saturated heterocycles. The normalized spacial score (nSPS) is 10.8. The van der Waals surface area contributed by atoms with E-state index in [4.69, 9.17) is 10.5 Å². The molecule has 124 valence electrons. The lowest BCUT2D eigenvalue weighted by atomic mass is 10.3. The van der Waals surface area contributed by atoms with Crippen LogP contribution >= 0.6 is 24.0 Å². The molecule has 0 unspecified atom stereocenters. The summed E-state index contributed by atoms with van der Waals surface area (Å²) in [7, 11) is 1.51. The van der Waals surface area contributed by atoms with Gasteiger partial charge in [-0.2, -0.15) is 0 Å². The summed E-state index contributed by atoms with van der Waals surface area (Å²) in [6.07, 6.45) is 0. The lowest BCUT2D eigenvalue weighted by molar-refractivity contribution is -0.114. The number of anilines is 1. The monoisotopic (exact) mass is 432 g/mol. The highest BCUT2D eigenvalue weighted by atomic mass is 127. The number of guanidine groups is 1. The van der Waals surface area contributed by atoms with E-state index in [9.17, 15) is 18.0 Å². The topological polar surface area (TPSA) is 88.7 Å². The van der Waals surface area contributed by atoms with E-state index in [0.29, 0.717) is 19.2 Å². The molecule has 10 heteroatoms. The van der Waals surface area contributed by atoms with Gasteiger partial charge in [-0.15, -0.1) is 24.0 Å². The number of rotatable bonds is 6. The van der Waals surface area contributed by atoms with Gasteiger partial charge in [0.1, 0.15) is 6.54 Å². The molecule has 1 rings (SSSR count). The quantitative estimate of drug-likeness (QED) is 0.207. The first-order valence-electron chi connectivity index (χ1n) is 5.91. The molecule has 0 radical (unpaired) electrons. The zero-order valence-corrected chi connectivity index (χ0v) is 14.0. The van der Waals surface area contributed by atoms with E-state index in [1.165, 1.54) is 7.11 Å². The van der Waals surface area contributed by atoms with Gasteiger partial charge in [0.2, 0.25) is 5.91 Å². The molecule has 22 heavy (non-hydrogen) atoms. The smallest absolute Gasteiger partial charge is 0.246 e. The van der Waals surface area contributed by atoms with Crippen molar-refractivity contribution in [2.75, 3.05) is 32.1 Å². The van der Waals surface area contributed by atoms with E-state index in [2.05, 4.69) is 15.6 Å². The van der Waals surface area contributed by atoms with Crippen LogP contribution in [-0.4, -0.2) is 38.7 Å². The van der Waals surface area contributed by atoms with E-state index in [1.807, 2.05) is 0 Å². The van der Waals surface area contributed by atoms with Crippen LogP contribution in [0.25, 0.3) is 0 Å². The number of amides is 1. The number of methoxy groups -OCH3 is 1. The number of hydrogen-bond donors (Lipinski definition) is 3. The second-order valence-electron chi connectivity index (χ2n) is 3.89. The van der Waals surface area contributed by atoms with Gasteiger partial charge in [0.15, 0.2) is 23.4 Å². The largest absolute Gasteiger partial charge is 0.383 e. The number of nitrogens with one attached hydrogen (secondary N) is 2. The number of nitrogens with two attached hydrogens (primary N) is 1. The van der Waals surface area contributed by atoms with Gasteiger partial charge in [-0.1, -0.05) is 0 Å². The minimum atomic E-state index is -1.66. The molecule has 0 bridgehead atoms. The summed E-state index contributed by atoms with van der Waals surface area (Å²) in [4.78, 5) is 15.2. The van der Waals surface area contributed by atoms with Crippen LogP contribution in [0.3, 0.4) is 0 Å². The van der Waals surface area contributed by atoms with Crippen LogP contribution in [-0.2, 0) is 9.53 Å². The number of benzene rings is 1. The highest BCUT2D eigenvalue weighted by Crippen LogP contribution is 2.19. The summed E-state index contributed by atoms with van der Waals surface area (Å²) in [6, 6.07) is 1.62. The Kier molecular flexibility index (Phi) is 9.49. The first-order chi connectivity index (χ1) is 9.95. The Labute approximate surface area is 142 Å². The molecule has 0 atom stereocenters. The van der Waals surface area contributed by atoms with Crippen molar-refractivity contribution >= 4 is 41.5 Å². The number of carbonyl (C=O) groups is 1. The number of aliphatic imine (C=N–C) groups is 1. The van der Waals surface area contributed by atoms with E-state index < -0.39 is 35.6 Å². The molecule has 4 N–H and O–H groups in total. The lowest BCUT2D eigenvalue weighted by Crippen LogP contribution is -2.35. The zero-order valence-electron chi connectivity index (χ0n) is 11.7. The molecule has 1 aromatic carbocycles. The van der Waals surface area contributed by atoms with Crippen molar-refractivity contribution in [1.29, 1.82) is 0 Å². The van der Waals surface area contributed by atoms with Gasteiger partial charge in [-0.3, -0.25) is 4.79 Å². The van der Waals surface area contributed by atoms with E-state index >= 15 is 0 Å². The summed E-state index contributed by atoms with van der Waals surface area (Å²) < 4.78 is 43.8. The fourth-order valence-corrected chi connectivity index (χ4v) is 1.31. The average molecular weight is 432 g/mol. The maximum absolute atomic E-state index is 13.3. The first-order valence-corrected chi connectivity index (χ1v) is 5.91. The van der Waals surface area contributed by atoms with Crippen LogP contribution < -0.4 is 16.4 Å². The number of ether oxygens (including phenoxy) is 1. The van der Waals surface area contributed by atoms with Crippen molar-refractivity contribution in [3.8, 4) is 0 Å². The van der Waals surface area contributed by atoms with Crippen LogP contribution in [0.2, 0.25) is 0 Å². The van der Waals surface area contributed by atoms with Crippen LogP contribution in [0.1, 0.15) is 0 Å². The maximum atomic E-state index is 13.3. The standard InChI is InChI=1S/C12H15F3N4O2.HI/c1-21-5-4-17-12(16)18-6-9(20)19-8-3-2-7(13)10(14)11(8)15;/h2-3H,4-6H2,1H3,(H,19,20)(H3,16,17,18);1H. The van der Waals surface area contributed by atoms with E-state index in [0.717, 1.165) is 6.07 Å². The van der Waals surface area contributed by atoms with Gasteiger partial charge in [0.05, 0.1) is 12.3 Å². The molecule has 1 aromatic rings. The highest BCUT2D eigenvalue weighted by molar-refractivity contribution is 14.0. The van der Waals surface area contributed by atoms with Crippen molar-refractivity contribution in [2.24, 2.45) is 10.7 Å². The minimum Gasteiger partial charge on any atom is -0.383 e. The Morgan fingerprint density at radius 2 is 2.00 bits per heavy atom. The molecule has 0 heterocycles. The Balaban J connectivity index is 0.00000441. The van der Waals surface area contributed by atoms with Crippen molar-refractivity contribution in [3.63, 3.8) is 0 Å². The molecule has 0 spiro atoms. The van der Waals surface area contributed by atoms with E-state index in [1.54, 1.807) is 0 Å². The third-order valence-corrected chi connectivity index (χ3v) is 2.31. The van der Waals surface area contributed by atoms with Gasteiger partial charge in [-0.25, -0.2) is 18.2 Å². The molecule has 0 aliphatic carbocycles. The van der Waals surface area contributed by atoms with Gasteiger partial charge in [0.25, 0.3) is 0 Å². The van der Waals surface area contributed by atoms with Crippen LogP contribution in [0.15, 0.2) is 17.1 Å². The predicted octanol–water partition coefficient (Wildman–Crippen LogP) is 1.21. The van der Waals surface area contributed by atoms with Crippen molar-refractivity contribution in [2.45, 2.75) is 0 Å². The van der Waals surface area contributed by atoms with Crippen LogP contribution in [0.5, 0.6) is 0 Å². The molecule has 0 aliphatic heterocycles. The molecule has 0 aliphatic rings. The van der Waals surface area contributed by atoms with Crippen LogP contribution in [0.4, 0.5) is 18.9 Å². The van der Waals surface area contributed by atoms with Crippen molar-refractivity contribution in [1.82, 2.24) is 5.32 Å². The summed E-state index contributed by atoms with van der Waals surface area (Å²) in [5.74, 6) is -5.19. The van der Waals surface area contributed by atoms with Gasteiger partial charge in [0, 0.05) is 13.7 Å². The maximum Gasteiger partial charge on any atom is 0.246 e. The number of halogens is 4. The molecule has 0 saturated carbocycles. The van der Waals surface area contributed by atoms with Crippen molar-refractivity contribution < 1.29 is 22.7 Å². The molecular weight excluding hydrogens is 416 g/mol. The molecule has 0 aromatic heterocycles. The van der Waals surface area contributed by atoms with Gasteiger partial charge >= 0.3 is 0 Å². The predicted molar refractivity (Wildman–Crippen MR) is 86.7 cm³/mol. The second kappa shape index (κ2) is 10.2. The number of carbonyl (C=O) groups excluding carboxylic acids is 1. The molecule has 6 nitrogen and oxygen atoms in total. The minimum absolute atomic E-state index is 0. The molecule has 0 fully saturated rings. The highest BCUT2D eigenvalue weighted by Gasteiger charge is 2.14. The SMILES string of the molecule is COCCNC(N)=NCC(=O)Nc1ccc(F)c(F)c1F.I. The first kappa shape index (κ1) is 20.4. The Morgan fingerprint density at radius 3 is 2.64 bits per heavy atom. The third kappa shape index (κ3) is 6.47. The lowest BCUT2D eigenvalue weighted by Gasteiger charge is -2.07. The summed E-state index contributed by atoms with van der Waals surface area (Å²) in [6.45, 7) is 0.415. The number of hydrogen-bond acceptors (Lipinski definition) is 3. The fraction of sp³-hybridized carbons (Fsp3) is 0.333. The van der Waals surface area contributed by atoms with Gasteiger partial charge in [-0.05, 0) is 12.1 Å². The molecule has 1 amide bonds. The molecular formula is C12H16F3IN4O2. The van der Waals surface area contributed by atoms with Crippen LogP contribution in [0, 0.1) is 17.5 Å². The zero-order chi connectivity index (χ0) is 15.8. The number of nitrogens with zero attached hydrogens (tertiary/aromatic N) is 1. The fourth-order valence-electron chi connectivity index (χ4n) is 1.31. The average Bonchev–Trinajstić information content (AvgIpc) is 2.46. The van der Waals surface area contributed by atoms with Gasteiger partial charge < -0.3 is 21.1 Å². The third-order valence-electron chi connectivity index (χ3n) is 2.31. The Bertz CT molecular complexity index is 543. The summed E-state index contributed by atoms with van der Waals surface area (Å²) in [5, 5.41) is 4.74. The summed E-state index contributed by atoms with van der Waals surface area (Å²) in [5.41, 5.74) is 4.98. The Hall–Kier alpha value is -1.56. The van der Waals surface area contributed by atoms with E-state index in [-0.39, 0.29) is 29.9 Å². The Morgan fingerprint density at radius 1 is 1.32 bits per heavy atom. The van der Waals surface area contributed by atoms with Crippen molar-refractivity contribution in [3.05, 3.63) is 29.6 Å².